The van der Waals surface area contributed by atoms with E-state index in [9.17, 15) is 24.5 Å². The first-order valence-electron chi connectivity index (χ1n) is 11.0. The van der Waals surface area contributed by atoms with Crippen molar-refractivity contribution in [3.63, 3.8) is 0 Å². The molecule has 10 heteroatoms. The van der Waals surface area contributed by atoms with Gasteiger partial charge in [-0.3, -0.25) is 29.2 Å². The van der Waals surface area contributed by atoms with E-state index >= 15 is 0 Å². The van der Waals surface area contributed by atoms with E-state index in [0.29, 0.717) is 17.1 Å². The predicted octanol–water partition coefficient (Wildman–Crippen LogP) is 3.83. The summed E-state index contributed by atoms with van der Waals surface area (Å²) in [6.07, 6.45) is -0.199. The average molecular weight is 486 g/mol. The lowest BCUT2D eigenvalue weighted by Crippen LogP contribution is -2.23. The number of hydrogen-bond donors (Lipinski definition) is 2. The molecular weight excluding hydrogens is 462 g/mol. The minimum Gasteiger partial charge on any atom is -0.326 e. The number of nitrogens with one attached hydrogen (secondary N) is 2. The number of aromatic nitrogens is 2. The molecule has 0 spiro atoms. The summed E-state index contributed by atoms with van der Waals surface area (Å²) in [4.78, 5) is 49.2. The molecule has 36 heavy (non-hydrogen) atoms. The number of anilines is 2. The zero-order chi connectivity index (χ0) is 25.8. The Hall–Kier alpha value is -4.99. The molecule has 0 saturated heterocycles. The zero-order valence-electron chi connectivity index (χ0n) is 19.6. The third-order valence-corrected chi connectivity index (χ3v) is 5.74. The summed E-state index contributed by atoms with van der Waals surface area (Å²) >= 11 is 0. The van der Waals surface area contributed by atoms with Crippen LogP contribution < -0.4 is 16.2 Å². The molecule has 0 atom stereocenters. The van der Waals surface area contributed by atoms with Crippen molar-refractivity contribution in [2.24, 2.45) is 7.05 Å². The number of nitro benzene ring substituents is 1. The first kappa shape index (κ1) is 24.1. The molecule has 2 N–H and O–H groups in total. The molecule has 1 aromatic heterocycles. The van der Waals surface area contributed by atoms with Gasteiger partial charge >= 0.3 is 0 Å². The Morgan fingerprint density at radius 1 is 0.944 bits per heavy atom. The third-order valence-electron chi connectivity index (χ3n) is 5.74. The molecule has 4 rings (SSSR count). The van der Waals surface area contributed by atoms with E-state index in [2.05, 4.69) is 10.6 Å². The van der Waals surface area contributed by atoms with Gasteiger partial charge < -0.3 is 10.6 Å². The molecule has 3 aromatic carbocycles. The Bertz CT molecular complexity index is 1520. The Kier molecular flexibility index (Phi) is 6.77. The minimum atomic E-state index is -0.537. The Labute approximate surface area is 205 Å². The molecule has 1 heterocycles. The lowest BCUT2D eigenvalue weighted by Gasteiger charge is -2.08. The number of benzene rings is 3. The molecule has 182 valence electrons. The highest BCUT2D eigenvalue weighted by Gasteiger charge is 2.20. The SMILES string of the molecule is Cc1c(NC(=O)c2cccc(NC(=O)Cc3ccccc3[N+](=O)[O-])c2)c(=O)n(-c2ccccc2)n1C. The number of amides is 2. The van der Waals surface area contributed by atoms with Crippen LogP contribution in [-0.2, 0) is 18.3 Å². The van der Waals surface area contributed by atoms with Crippen LogP contribution in [0.5, 0.6) is 0 Å². The summed E-state index contributed by atoms with van der Waals surface area (Å²) in [7, 11) is 1.73. The van der Waals surface area contributed by atoms with Gasteiger partial charge in [0.1, 0.15) is 5.69 Å². The second kappa shape index (κ2) is 10.1. The van der Waals surface area contributed by atoms with Crippen LogP contribution in [0.1, 0.15) is 21.6 Å². The fraction of sp³-hybridized carbons (Fsp3) is 0.115. The molecular formula is C26H23N5O5. The first-order chi connectivity index (χ1) is 17.3. The van der Waals surface area contributed by atoms with E-state index in [1.54, 1.807) is 55.1 Å². The zero-order valence-corrected chi connectivity index (χ0v) is 19.6. The number of nitrogens with zero attached hydrogens (tertiary/aromatic N) is 3. The van der Waals surface area contributed by atoms with Crippen LogP contribution in [0.2, 0.25) is 0 Å². The van der Waals surface area contributed by atoms with Crippen molar-refractivity contribution >= 4 is 28.9 Å². The van der Waals surface area contributed by atoms with Crippen LogP contribution in [0.3, 0.4) is 0 Å². The van der Waals surface area contributed by atoms with E-state index in [1.165, 1.54) is 28.9 Å². The maximum absolute atomic E-state index is 13.1. The largest absolute Gasteiger partial charge is 0.326 e. The average Bonchev–Trinajstić information content (AvgIpc) is 3.07. The van der Waals surface area contributed by atoms with Crippen molar-refractivity contribution in [1.29, 1.82) is 0 Å². The standard InChI is InChI=1S/C26H23N5O5/c1-17-24(26(34)30(29(17)2)21-12-4-3-5-13-21)28-25(33)19-10-8-11-20(15-19)27-23(32)16-18-9-6-7-14-22(18)31(35)36/h3-15H,16H2,1-2H3,(H,27,32)(H,28,33). The first-order valence-corrected chi connectivity index (χ1v) is 11.0. The normalized spacial score (nSPS) is 10.6. The van der Waals surface area contributed by atoms with Crippen molar-refractivity contribution in [2.75, 3.05) is 10.6 Å². The molecule has 0 aliphatic heterocycles. The summed E-state index contributed by atoms with van der Waals surface area (Å²) in [6.45, 7) is 1.73. The number of nitro groups is 1. The van der Waals surface area contributed by atoms with Gasteiger partial charge in [0.15, 0.2) is 0 Å². The van der Waals surface area contributed by atoms with Gasteiger partial charge in [0, 0.05) is 29.9 Å². The molecule has 0 saturated carbocycles. The monoisotopic (exact) mass is 485 g/mol. The van der Waals surface area contributed by atoms with Gasteiger partial charge in [0.25, 0.3) is 17.2 Å². The van der Waals surface area contributed by atoms with Gasteiger partial charge in [-0.05, 0) is 37.3 Å². The van der Waals surface area contributed by atoms with Crippen molar-refractivity contribution in [3.05, 3.63) is 116 Å². The molecule has 0 aliphatic rings. The summed E-state index contributed by atoms with van der Waals surface area (Å²) in [5, 5.41) is 16.5. The molecule has 2 amide bonds. The van der Waals surface area contributed by atoms with Gasteiger partial charge in [0.05, 0.1) is 22.7 Å². The predicted molar refractivity (Wildman–Crippen MR) is 136 cm³/mol. The van der Waals surface area contributed by atoms with Crippen molar-refractivity contribution in [1.82, 2.24) is 9.36 Å². The van der Waals surface area contributed by atoms with E-state index in [0.717, 1.165) is 0 Å². The molecule has 0 fully saturated rings. The quantitative estimate of drug-likeness (QED) is 0.304. The topological polar surface area (TPSA) is 128 Å². The molecule has 0 radical (unpaired) electrons. The van der Waals surface area contributed by atoms with Crippen molar-refractivity contribution < 1.29 is 14.5 Å². The lowest BCUT2D eigenvalue weighted by atomic mass is 10.1. The number of para-hydroxylation sites is 2. The smallest absolute Gasteiger partial charge is 0.295 e. The van der Waals surface area contributed by atoms with Gasteiger partial charge in [-0.2, -0.15) is 0 Å². The Morgan fingerprint density at radius 2 is 1.64 bits per heavy atom. The van der Waals surface area contributed by atoms with E-state index < -0.39 is 16.7 Å². The summed E-state index contributed by atoms with van der Waals surface area (Å²) in [5.41, 5.74) is 1.73. The van der Waals surface area contributed by atoms with Crippen LogP contribution >= 0.6 is 0 Å². The molecule has 0 aliphatic carbocycles. The number of rotatable bonds is 7. The highest BCUT2D eigenvalue weighted by molar-refractivity contribution is 6.05. The molecule has 4 aromatic rings. The van der Waals surface area contributed by atoms with E-state index in [4.69, 9.17) is 0 Å². The fourth-order valence-electron chi connectivity index (χ4n) is 3.85. The summed E-state index contributed by atoms with van der Waals surface area (Å²) in [5.74, 6) is -0.984. The van der Waals surface area contributed by atoms with Gasteiger partial charge in [-0.25, -0.2) is 4.68 Å². The number of carbonyl (C=O) groups excluding carboxylic acids is 2. The van der Waals surface area contributed by atoms with E-state index in [-0.39, 0.29) is 34.5 Å². The van der Waals surface area contributed by atoms with E-state index in [1.807, 2.05) is 18.2 Å². The maximum Gasteiger partial charge on any atom is 0.295 e. The van der Waals surface area contributed by atoms with Crippen LogP contribution in [0, 0.1) is 17.0 Å². The third kappa shape index (κ3) is 4.92. The Morgan fingerprint density at radius 3 is 2.36 bits per heavy atom. The van der Waals surface area contributed by atoms with Crippen LogP contribution in [0.15, 0.2) is 83.7 Å². The van der Waals surface area contributed by atoms with Gasteiger partial charge in [-0.1, -0.05) is 42.5 Å². The van der Waals surface area contributed by atoms with Crippen molar-refractivity contribution in [3.8, 4) is 5.69 Å². The number of hydrogen-bond acceptors (Lipinski definition) is 5. The minimum absolute atomic E-state index is 0.139. The number of carbonyl (C=O) groups is 2. The van der Waals surface area contributed by atoms with Crippen LogP contribution in [0.4, 0.5) is 17.1 Å². The van der Waals surface area contributed by atoms with Gasteiger partial charge in [0.2, 0.25) is 5.91 Å². The second-order valence-corrected chi connectivity index (χ2v) is 8.08. The van der Waals surface area contributed by atoms with Gasteiger partial charge in [-0.15, -0.1) is 0 Å². The van der Waals surface area contributed by atoms with Crippen LogP contribution in [-0.4, -0.2) is 26.1 Å². The molecule has 0 unspecified atom stereocenters. The maximum atomic E-state index is 13.1. The fourth-order valence-corrected chi connectivity index (χ4v) is 3.85. The highest BCUT2D eigenvalue weighted by Crippen LogP contribution is 2.20. The molecule has 10 nitrogen and oxygen atoms in total. The Balaban J connectivity index is 1.51. The summed E-state index contributed by atoms with van der Waals surface area (Å²) < 4.78 is 3.12. The van der Waals surface area contributed by atoms with Crippen molar-refractivity contribution in [2.45, 2.75) is 13.3 Å². The lowest BCUT2D eigenvalue weighted by molar-refractivity contribution is -0.385. The second-order valence-electron chi connectivity index (χ2n) is 8.08. The molecule has 0 bridgehead atoms. The summed E-state index contributed by atoms with van der Waals surface area (Å²) in [6, 6.07) is 21.3. The van der Waals surface area contributed by atoms with Crippen LogP contribution in [0.25, 0.3) is 5.69 Å². The highest BCUT2D eigenvalue weighted by atomic mass is 16.6.